The van der Waals surface area contributed by atoms with Gasteiger partial charge in [0.05, 0.1) is 10.2 Å². The van der Waals surface area contributed by atoms with Gasteiger partial charge in [0.2, 0.25) is 0 Å². The summed E-state index contributed by atoms with van der Waals surface area (Å²) >= 11 is 1.49. The van der Waals surface area contributed by atoms with Crippen molar-refractivity contribution in [2.45, 2.75) is 13.0 Å². The lowest BCUT2D eigenvalue weighted by atomic mass is 10.2. The second kappa shape index (κ2) is 7.93. The van der Waals surface area contributed by atoms with Crippen LogP contribution in [0.15, 0.2) is 60.7 Å². The largest absolute Gasteiger partial charge is 0.449 e. The molecule has 0 N–H and O–H groups in total. The van der Waals surface area contributed by atoms with Crippen LogP contribution < -0.4 is 4.90 Å². The van der Waals surface area contributed by atoms with E-state index >= 15 is 0 Å². The molecule has 1 atom stereocenters. The minimum Gasteiger partial charge on any atom is -0.449 e. The van der Waals surface area contributed by atoms with Crippen LogP contribution in [0.4, 0.5) is 5.69 Å². The molecule has 1 heterocycles. The standard InChI is InChI=1S/C20H18N2O3S/c1-14(20(24)22(2)15-8-4-3-5-9-15)25-19(23)13-12-18-21-16-10-6-7-11-17(16)26-18/h3-14H,1-2H3/b13-12+/t14-/m0/s1. The number of carbonyl (C=O) groups is 2. The molecule has 0 fully saturated rings. The molecule has 2 aromatic carbocycles. The molecule has 3 aromatic rings. The Labute approximate surface area is 155 Å². The van der Waals surface area contributed by atoms with Gasteiger partial charge in [0, 0.05) is 18.8 Å². The summed E-state index contributed by atoms with van der Waals surface area (Å²) in [7, 11) is 1.65. The summed E-state index contributed by atoms with van der Waals surface area (Å²) < 4.78 is 6.26. The van der Waals surface area contributed by atoms with Crippen molar-refractivity contribution in [3.8, 4) is 0 Å². The molecule has 0 saturated carbocycles. The van der Waals surface area contributed by atoms with E-state index in [0.717, 1.165) is 15.9 Å². The number of aromatic nitrogens is 1. The molecule has 0 radical (unpaired) electrons. The van der Waals surface area contributed by atoms with E-state index in [1.54, 1.807) is 20.0 Å². The van der Waals surface area contributed by atoms with E-state index in [-0.39, 0.29) is 5.91 Å². The third-order valence-electron chi connectivity index (χ3n) is 3.79. The Balaban J connectivity index is 1.60. The maximum atomic E-state index is 12.4. The summed E-state index contributed by atoms with van der Waals surface area (Å²) in [6.07, 6.45) is 2.02. The summed E-state index contributed by atoms with van der Waals surface area (Å²) in [4.78, 5) is 30.3. The predicted molar refractivity (Wildman–Crippen MR) is 104 cm³/mol. The Morgan fingerprint density at radius 1 is 1.12 bits per heavy atom. The highest BCUT2D eigenvalue weighted by Gasteiger charge is 2.21. The minimum atomic E-state index is -0.882. The number of esters is 1. The van der Waals surface area contributed by atoms with Crippen LogP contribution in [0.3, 0.4) is 0 Å². The van der Waals surface area contributed by atoms with Crippen LogP contribution in [0.2, 0.25) is 0 Å². The van der Waals surface area contributed by atoms with Crippen LogP contribution in [0.5, 0.6) is 0 Å². The van der Waals surface area contributed by atoms with Crippen molar-refractivity contribution >= 4 is 45.2 Å². The SMILES string of the molecule is C[C@H](OC(=O)/C=C/c1nc2ccccc2s1)C(=O)N(C)c1ccccc1. The van der Waals surface area contributed by atoms with Gasteiger partial charge in [0.25, 0.3) is 5.91 Å². The van der Waals surface area contributed by atoms with Gasteiger partial charge in [-0.2, -0.15) is 0 Å². The van der Waals surface area contributed by atoms with E-state index in [1.165, 1.54) is 22.3 Å². The van der Waals surface area contributed by atoms with Crippen LogP contribution in [-0.4, -0.2) is 30.0 Å². The summed E-state index contributed by atoms with van der Waals surface area (Å²) in [5.41, 5.74) is 1.63. The lowest BCUT2D eigenvalue weighted by molar-refractivity contribution is -0.148. The second-order valence-corrected chi connectivity index (χ2v) is 6.73. The first kappa shape index (κ1) is 17.8. The van der Waals surface area contributed by atoms with E-state index in [2.05, 4.69) is 4.98 Å². The number of amides is 1. The molecule has 132 valence electrons. The number of hydrogen-bond acceptors (Lipinski definition) is 5. The summed E-state index contributed by atoms with van der Waals surface area (Å²) in [6, 6.07) is 17.0. The molecule has 26 heavy (non-hydrogen) atoms. The zero-order valence-corrected chi connectivity index (χ0v) is 15.3. The van der Waals surface area contributed by atoms with Crippen molar-refractivity contribution < 1.29 is 14.3 Å². The Kier molecular flexibility index (Phi) is 5.43. The average molecular weight is 366 g/mol. The molecular weight excluding hydrogens is 348 g/mol. The molecule has 1 amide bonds. The highest BCUT2D eigenvalue weighted by Crippen LogP contribution is 2.22. The summed E-state index contributed by atoms with van der Waals surface area (Å²) in [5, 5.41) is 0.712. The first-order chi connectivity index (χ1) is 12.5. The minimum absolute atomic E-state index is 0.294. The molecule has 0 aliphatic rings. The number of carbonyl (C=O) groups excluding carboxylic acids is 2. The lowest BCUT2D eigenvalue weighted by Crippen LogP contribution is -2.37. The number of nitrogens with zero attached hydrogens (tertiary/aromatic N) is 2. The van der Waals surface area contributed by atoms with Crippen molar-refractivity contribution in [3.05, 3.63) is 65.7 Å². The number of rotatable bonds is 5. The average Bonchev–Trinajstić information content (AvgIpc) is 3.09. The van der Waals surface area contributed by atoms with Crippen LogP contribution in [-0.2, 0) is 14.3 Å². The maximum absolute atomic E-state index is 12.4. The topological polar surface area (TPSA) is 59.5 Å². The molecule has 0 saturated heterocycles. The Bertz CT molecular complexity index is 917. The molecule has 3 rings (SSSR count). The number of likely N-dealkylation sites (N-methyl/N-ethyl adjacent to an activating group) is 1. The Morgan fingerprint density at radius 3 is 2.54 bits per heavy atom. The lowest BCUT2D eigenvalue weighted by Gasteiger charge is -2.21. The van der Waals surface area contributed by atoms with Crippen LogP contribution in [0.25, 0.3) is 16.3 Å². The van der Waals surface area contributed by atoms with Crippen LogP contribution in [0, 0.1) is 0 Å². The monoisotopic (exact) mass is 366 g/mol. The number of hydrogen-bond donors (Lipinski definition) is 0. The smallest absolute Gasteiger partial charge is 0.331 e. The fourth-order valence-corrected chi connectivity index (χ4v) is 3.29. The molecule has 0 unspecified atom stereocenters. The Morgan fingerprint density at radius 2 is 1.81 bits per heavy atom. The van der Waals surface area contributed by atoms with E-state index in [9.17, 15) is 9.59 Å². The Hall–Kier alpha value is -2.99. The van der Waals surface area contributed by atoms with Crippen molar-refractivity contribution in [2.24, 2.45) is 0 Å². The van der Waals surface area contributed by atoms with Crippen molar-refractivity contribution in [1.82, 2.24) is 4.98 Å². The molecule has 0 bridgehead atoms. The molecule has 5 nitrogen and oxygen atoms in total. The zero-order chi connectivity index (χ0) is 18.5. The van der Waals surface area contributed by atoms with Gasteiger partial charge in [-0.25, -0.2) is 9.78 Å². The molecule has 6 heteroatoms. The van der Waals surface area contributed by atoms with Gasteiger partial charge in [0.15, 0.2) is 6.10 Å². The predicted octanol–water partition coefficient (Wildman–Crippen LogP) is 3.90. The van der Waals surface area contributed by atoms with Crippen LogP contribution >= 0.6 is 11.3 Å². The molecule has 0 spiro atoms. The van der Waals surface area contributed by atoms with Gasteiger partial charge in [0.1, 0.15) is 5.01 Å². The van der Waals surface area contributed by atoms with Gasteiger partial charge in [-0.15, -0.1) is 11.3 Å². The van der Waals surface area contributed by atoms with E-state index in [4.69, 9.17) is 4.74 Å². The zero-order valence-electron chi connectivity index (χ0n) is 14.5. The van der Waals surface area contributed by atoms with Gasteiger partial charge in [-0.05, 0) is 37.3 Å². The highest BCUT2D eigenvalue weighted by molar-refractivity contribution is 7.19. The van der Waals surface area contributed by atoms with Crippen molar-refractivity contribution in [1.29, 1.82) is 0 Å². The van der Waals surface area contributed by atoms with E-state index in [1.807, 2.05) is 54.6 Å². The quantitative estimate of drug-likeness (QED) is 0.507. The normalized spacial score (nSPS) is 12.2. The number of thiazole rings is 1. The number of fused-ring (bicyclic) bond motifs is 1. The number of ether oxygens (including phenoxy) is 1. The van der Waals surface area contributed by atoms with Crippen LogP contribution in [0.1, 0.15) is 11.9 Å². The highest BCUT2D eigenvalue weighted by atomic mass is 32.1. The third-order valence-corrected chi connectivity index (χ3v) is 4.79. The fourth-order valence-electron chi connectivity index (χ4n) is 2.42. The molecule has 1 aromatic heterocycles. The number of benzene rings is 2. The summed E-state index contributed by atoms with van der Waals surface area (Å²) in [5.74, 6) is -0.871. The number of anilines is 1. The van der Waals surface area contributed by atoms with Gasteiger partial charge in [-0.3, -0.25) is 4.79 Å². The molecular formula is C20H18N2O3S. The van der Waals surface area contributed by atoms with Gasteiger partial charge < -0.3 is 9.64 Å². The number of para-hydroxylation sites is 2. The maximum Gasteiger partial charge on any atom is 0.331 e. The molecule has 0 aliphatic heterocycles. The van der Waals surface area contributed by atoms with Crippen molar-refractivity contribution in [2.75, 3.05) is 11.9 Å². The molecule has 0 aliphatic carbocycles. The first-order valence-corrected chi connectivity index (χ1v) is 8.93. The first-order valence-electron chi connectivity index (χ1n) is 8.11. The van der Waals surface area contributed by atoms with Gasteiger partial charge in [-0.1, -0.05) is 30.3 Å². The second-order valence-electron chi connectivity index (χ2n) is 5.67. The van der Waals surface area contributed by atoms with Crippen molar-refractivity contribution in [3.63, 3.8) is 0 Å². The van der Waals surface area contributed by atoms with E-state index < -0.39 is 12.1 Å². The van der Waals surface area contributed by atoms with Gasteiger partial charge >= 0.3 is 5.97 Å². The fraction of sp³-hybridized carbons (Fsp3) is 0.150. The van der Waals surface area contributed by atoms with E-state index in [0.29, 0.717) is 5.01 Å². The summed E-state index contributed by atoms with van der Waals surface area (Å²) in [6.45, 7) is 1.56. The third kappa shape index (κ3) is 4.15.